The lowest BCUT2D eigenvalue weighted by atomic mass is 10.2. The molecule has 0 radical (unpaired) electrons. The van der Waals surface area contributed by atoms with Crippen molar-refractivity contribution in [3.8, 4) is 0 Å². The fourth-order valence-electron chi connectivity index (χ4n) is 1.87. The number of hydrogen-bond acceptors (Lipinski definition) is 4. The minimum Gasteiger partial charge on any atom is -0.409 e. The first-order chi connectivity index (χ1) is 10.2. The smallest absolute Gasteiger partial charge is 0.238 e. The van der Waals surface area contributed by atoms with Gasteiger partial charge in [-0.3, -0.25) is 4.79 Å². The summed E-state index contributed by atoms with van der Waals surface area (Å²) in [5, 5.41) is 17.4. The highest BCUT2D eigenvalue weighted by atomic mass is 16.4. The van der Waals surface area contributed by atoms with E-state index in [0.29, 0.717) is 17.8 Å². The van der Waals surface area contributed by atoms with E-state index >= 15 is 0 Å². The molecule has 21 heavy (non-hydrogen) atoms. The zero-order valence-electron chi connectivity index (χ0n) is 12.4. The molecular weight excluding hydrogens is 268 g/mol. The van der Waals surface area contributed by atoms with Gasteiger partial charge in [0.05, 0.1) is 6.54 Å². The van der Waals surface area contributed by atoms with Gasteiger partial charge in [-0.25, -0.2) is 0 Å². The van der Waals surface area contributed by atoms with Crippen LogP contribution in [0.1, 0.15) is 38.2 Å². The quantitative estimate of drug-likeness (QED) is 0.184. The van der Waals surface area contributed by atoms with Crippen molar-refractivity contribution in [2.75, 3.05) is 18.4 Å². The summed E-state index contributed by atoms with van der Waals surface area (Å²) >= 11 is 0. The molecule has 5 N–H and O–H groups in total. The number of oxime groups is 1. The van der Waals surface area contributed by atoms with Crippen LogP contribution in [0.5, 0.6) is 0 Å². The number of carbonyl (C=O) groups is 1. The van der Waals surface area contributed by atoms with Gasteiger partial charge in [0.15, 0.2) is 5.84 Å². The van der Waals surface area contributed by atoms with Crippen LogP contribution in [0.3, 0.4) is 0 Å². The summed E-state index contributed by atoms with van der Waals surface area (Å²) in [7, 11) is 0. The van der Waals surface area contributed by atoms with Crippen LogP contribution >= 0.6 is 0 Å². The van der Waals surface area contributed by atoms with E-state index < -0.39 is 0 Å². The second-order valence-electron chi connectivity index (χ2n) is 4.85. The molecule has 0 aliphatic carbocycles. The molecule has 0 bridgehead atoms. The fraction of sp³-hybridized carbons (Fsp3) is 0.467. The van der Waals surface area contributed by atoms with Crippen LogP contribution in [0.15, 0.2) is 29.4 Å². The van der Waals surface area contributed by atoms with Gasteiger partial charge in [-0.2, -0.15) is 0 Å². The minimum atomic E-state index is -0.0814. The lowest BCUT2D eigenvalue weighted by Crippen LogP contribution is -2.28. The van der Waals surface area contributed by atoms with E-state index in [0.717, 1.165) is 13.0 Å². The third kappa shape index (κ3) is 6.76. The number of hydrogen-bond donors (Lipinski definition) is 4. The highest BCUT2D eigenvalue weighted by Gasteiger charge is 2.03. The molecule has 6 heteroatoms. The van der Waals surface area contributed by atoms with E-state index in [2.05, 4.69) is 22.7 Å². The zero-order valence-corrected chi connectivity index (χ0v) is 12.4. The van der Waals surface area contributed by atoms with Crippen LogP contribution in [0.2, 0.25) is 0 Å². The van der Waals surface area contributed by atoms with Crippen molar-refractivity contribution in [2.24, 2.45) is 10.9 Å². The number of nitrogens with two attached hydrogens (primary N) is 1. The summed E-state index contributed by atoms with van der Waals surface area (Å²) in [6.07, 6.45) is 4.73. The Hall–Kier alpha value is -2.08. The van der Waals surface area contributed by atoms with Gasteiger partial charge in [-0.15, -0.1) is 0 Å². The van der Waals surface area contributed by atoms with Gasteiger partial charge in [-0.1, -0.05) is 31.3 Å². The number of benzene rings is 1. The van der Waals surface area contributed by atoms with Crippen LogP contribution in [0.4, 0.5) is 5.69 Å². The van der Waals surface area contributed by atoms with Gasteiger partial charge in [-0.05, 0) is 37.2 Å². The van der Waals surface area contributed by atoms with Crippen LogP contribution in [-0.4, -0.2) is 30.0 Å². The van der Waals surface area contributed by atoms with Crippen LogP contribution in [-0.2, 0) is 4.79 Å². The number of unbranched alkanes of at least 4 members (excludes halogenated alkanes) is 3. The molecule has 0 aliphatic heterocycles. The number of carbonyl (C=O) groups excluding carboxylic acids is 1. The van der Waals surface area contributed by atoms with Crippen molar-refractivity contribution >= 4 is 17.4 Å². The lowest BCUT2D eigenvalue weighted by molar-refractivity contribution is -0.115. The molecule has 1 aromatic carbocycles. The Morgan fingerprint density at radius 3 is 2.57 bits per heavy atom. The maximum absolute atomic E-state index is 11.7. The van der Waals surface area contributed by atoms with Gasteiger partial charge in [0.25, 0.3) is 0 Å². The third-order valence-corrected chi connectivity index (χ3v) is 3.06. The van der Waals surface area contributed by atoms with Crippen LogP contribution in [0, 0.1) is 0 Å². The molecule has 0 saturated heterocycles. The molecule has 0 aliphatic rings. The largest absolute Gasteiger partial charge is 0.409 e. The SMILES string of the molecule is CCCCCCNCC(=O)Nc1ccc(/C(N)=N/O)cc1. The van der Waals surface area contributed by atoms with E-state index in [4.69, 9.17) is 10.9 Å². The molecular formula is C15H24N4O2. The van der Waals surface area contributed by atoms with Crippen molar-refractivity contribution < 1.29 is 10.0 Å². The lowest BCUT2D eigenvalue weighted by Gasteiger charge is -2.07. The monoisotopic (exact) mass is 292 g/mol. The Balaban J connectivity index is 2.28. The number of amides is 1. The van der Waals surface area contributed by atoms with Crippen molar-refractivity contribution in [1.82, 2.24) is 5.32 Å². The third-order valence-electron chi connectivity index (χ3n) is 3.06. The molecule has 6 nitrogen and oxygen atoms in total. The van der Waals surface area contributed by atoms with Gasteiger partial charge in [0, 0.05) is 11.3 Å². The van der Waals surface area contributed by atoms with Gasteiger partial charge in [0.1, 0.15) is 0 Å². The van der Waals surface area contributed by atoms with Gasteiger partial charge < -0.3 is 21.6 Å². The molecule has 0 saturated carbocycles. The van der Waals surface area contributed by atoms with Crippen LogP contribution < -0.4 is 16.4 Å². The molecule has 0 heterocycles. The van der Waals surface area contributed by atoms with Crippen molar-refractivity contribution in [1.29, 1.82) is 0 Å². The summed E-state index contributed by atoms with van der Waals surface area (Å²) in [5.74, 6) is -0.0383. The molecule has 0 fully saturated rings. The first-order valence-corrected chi connectivity index (χ1v) is 7.26. The average Bonchev–Trinajstić information content (AvgIpc) is 2.50. The van der Waals surface area contributed by atoms with Crippen molar-refractivity contribution in [3.05, 3.63) is 29.8 Å². The minimum absolute atomic E-state index is 0.0432. The van der Waals surface area contributed by atoms with Gasteiger partial charge >= 0.3 is 0 Å². The highest BCUT2D eigenvalue weighted by Crippen LogP contribution is 2.09. The Morgan fingerprint density at radius 1 is 1.24 bits per heavy atom. The summed E-state index contributed by atoms with van der Waals surface area (Å²) in [4.78, 5) is 11.7. The van der Waals surface area contributed by atoms with E-state index in [1.54, 1.807) is 24.3 Å². The zero-order chi connectivity index (χ0) is 15.5. The number of amidine groups is 1. The van der Waals surface area contributed by atoms with Crippen molar-refractivity contribution in [2.45, 2.75) is 32.6 Å². The molecule has 1 amide bonds. The normalized spacial score (nSPS) is 11.4. The second-order valence-corrected chi connectivity index (χ2v) is 4.85. The first-order valence-electron chi connectivity index (χ1n) is 7.26. The van der Waals surface area contributed by atoms with Crippen molar-refractivity contribution in [3.63, 3.8) is 0 Å². The number of nitrogens with zero attached hydrogens (tertiary/aromatic N) is 1. The highest BCUT2D eigenvalue weighted by molar-refractivity contribution is 5.98. The molecule has 1 rings (SSSR count). The van der Waals surface area contributed by atoms with E-state index in [1.807, 2.05) is 0 Å². The maximum Gasteiger partial charge on any atom is 0.238 e. The van der Waals surface area contributed by atoms with Crippen LogP contribution in [0.25, 0.3) is 0 Å². The summed E-state index contributed by atoms with van der Waals surface area (Å²) in [6.45, 7) is 3.33. The summed E-state index contributed by atoms with van der Waals surface area (Å²) in [6, 6.07) is 6.80. The molecule has 0 atom stereocenters. The number of rotatable bonds is 9. The summed E-state index contributed by atoms with van der Waals surface area (Å²) < 4.78 is 0. The average molecular weight is 292 g/mol. The maximum atomic E-state index is 11.7. The number of nitrogens with one attached hydrogen (secondary N) is 2. The summed E-state index contributed by atoms with van der Waals surface area (Å²) in [5.41, 5.74) is 6.75. The predicted molar refractivity (Wildman–Crippen MR) is 84.6 cm³/mol. The Labute approximate surface area is 125 Å². The van der Waals surface area contributed by atoms with E-state index in [9.17, 15) is 4.79 Å². The molecule has 0 aromatic heterocycles. The molecule has 0 spiro atoms. The Bertz CT molecular complexity index is 457. The Kier molecular flexibility index (Phi) is 7.89. The second kappa shape index (κ2) is 9.77. The van der Waals surface area contributed by atoms with E-state index in [1.165, 1.54) is 19.3 Å². The molecule has 116 valence electrons. The molecule has 0 unspecified atom stereocenters. The predicted octanol–water partition coefficient (Wildman–Crippen LogP) is 1.89. The van der Waals surface area contributed by atoms with Gasteiger partial charge in [0.2, 0.25) is 5.91 Å². The topological polar surface area (TPSA) is 99.7 Å². The fourth-order valence-corrected chi connectivity index (χ4v) is 1.87. The van der Waals surface area contributed by atoms with E-state index in [-0.39, 0.29) is 11.7 Å². The molecule has 1 aromatic rings. The number of anilines is 1. The Morgan fingerprint density at radius 2 is 1.95 bits per heavy atom. The first kappa shape index (κ1) is 17.0. The standard InChI is InChI=1S/C15H24N4O2/c1-2-3-4-5-10-17-11-14(20)18-13-8-6-12(7-9-13)15(16)19-21/h6-9,17,21H,2-5,10-11H2,1H3,(H2,16,19)(H,18,20).